The van der Waals surface area contributed by atoms with E-state index in [-0.39, 0.29) is 23.0 Å². The average molecular weight is 260 g/mol. The van der Waals surface area contributed by atoms with Crippen LogP contribution in [0.4, 0.5) is 0 Å². The molecule has 0 spiro atoms. The zero-order chi connectivity index (χ0) is 11.3. The Morgan fingerprint density at radius 1 is 1.43 bits per heavy atom. The van der Waals surface area contributed by atoms with Crippen LogP contribution in [-0.2, 0) is 4.79 Å². The first kappa shape index (κ1) is 12.6. The van der Waals surface area contributed by atoms with Gasteiger partial charge in [-0.15, -0.1) is 0 Å². The molecular formula is C9H13Cl3O2. The molecule has 82 valence electrons. The Balaban J connectivity index is 2.79. The van der Waals surface area contributed by atoms with E-state index >= 15 is 0 Å². The predicted molar refractivity (Wildman–Crippen MR) is 57.7 cm³/mol. The van der Waals surface area contributed by atoms with Gasteiger partial charge in [-0.1, -0.05) is 48.7 Å². The van der Waals surface area contributed by atoms with Gasteiger partial charge in [-0.05, 0) is 12.3 Å². The van der Waals surface area contributed by atoms with Crippen molar-refractivity contribution < 1.29 is 9.90 Å². The molecule has 0 aromatic rings. The normalized spacial score (nSPS) is 32.5. The zero-order valence-corrected chi connectivity index (χ0v) is 10.5. The van der Waals surface area contributed by atoms with E-state index in [4.69, 9.17) is 34.8 Å². The van der Waals surface area contributed by atoms with Crippen molar-refractivity contribution in [2.24, 2.45) is 17.3 Å². The fourth-order valence-corrected chi connectivity index (χ4v) is 2.65. The first-order chi connectivity index (χ1) is 6.10. The van der Waals surface area contributed by atoms with Crippen LogP contribution in [0.2, 0.25) is 0 Å². The molecule has 0 amide bonds. The van der Waals surface area contributed by atoms with E-state index in [0.29, 0.717) is 0 Å². The van der Waals surface area contributed by atoms with Gasteiger partial charge in [0, 0.05) is 11.8 Å². The van der Waals surface area contributed by atoms with Crippen LogP contribution in [0.1, 0.15) is 20.8 Å². The first-order valence-electron chi connectivity index (χ1n) is 4.35. The van der Waals surface area contributed by atoms with Gasteiger partial charge in [-0.3, -0.25) is 4.79 Å². The number of alkyl halides is 3. The second-order valence-electron chi connectivity index (χ2n) is 4.42. The van der Waals surface area contributed by atoms with Crippen LogP contribution in [0, 0.1) is 17.3 Å². The Labute approximate surface area is 98.5 Å². The number of hydrogen-bond donors (Lipinski definition) is 1. The van der Waals surface area contributed by atoms with Crippen LogP contribution in [-0.4, -0.2) is 20.8 Å². The molecule has 1 unspecified atom stereocenters. The lowest BCUT2D eigenvalue weighted by Gasteiger charge is -2.19. The highest BCUT2D eigenvalue weighted by Gasteiger charge is 2.66. The Morgan fingerprint density at radius 2 is 1.86 bits per heavy atom. The Kier molecular flexibility index (Phi) is 3.15. The number of halogens is 3. The number of carbonyl (C=O) groups is 1. The largest absolute Gasteiger partial charge is 0.388 e. The van der Waals surface area contributed by atoms with Crippen molar-refractivity contribution in [3.05, 3.63) is 0 Å². The van der Waals surface area contributed by atoms with Crippen molar-refractivity contribution in [2.75, 3.05) is 0 Å². The number of Topliss-reactive ketones (excluding diaryl/α,β-unsaturated/α-hetero) is 1. The van der Waals surface area contributed by atoms with Crippen LogP contribution >= 0.6 is 34.8 Å². The summed E-state index contributed by atoms with van der Waals surface area (Å²) in [6, 6.07) is 0. The molecule has 1 aliphatic carbocycles. The molecule has 0 radical (unpaired) electrons. The molecule has 14 heavy (non-hydrogen) atoms. The Morgan fingerprint density at radius 3 is 2.07 bits per heavy atom. The third-order valence-electron chi connectivity index (χ3n) is 3.02. The molecule has 1 saturated carbocycles. The first-order valence-corrected chi connectivity index (χ1v) is 5.48. The summed E-state index contributed by atoms with van der Waals surface area (Å²) in [7, 11) is 0. The molecule has 0 saturated heterocycles. The molecule has 1 rings (SSSR count). The maximum atomic E-state index is 11.2. The van der Waals surface area contributed by atoms with Crippen LogP contribution in [0.3, 0.4) is 0 Å². The number of aliphatic hydroxyl groups is 1. The van der Waals surface area contributed by atoms with Crippen LogP contribution in [0.5, 0.6) is 0 Å². The lowest BCUT2D eigenvalue weighted by atomic mass is 10.1. The number of aliphatic hydroxyl groups excluding tert-OH is 1. The summed E-state index contributed by atoms with van der Waals surface area (Å²) < 4.78 is -1.72. The highest BCUT2D eigenvalue weighted by Crippen LogP contribution is 2.62. The minimum atomic E-state index is -1.72. The standard InChI is InChI=1S/C9H13Cl3O2/c1-4(13)5-6(8(5,2)3)7(14)9(10,11)12/h5-7,14H,1-3H3/t5-,6-,7?/m1/s1. The van der Waals surface area contributed by atoms with Crippen molar-refractivity contribution >= 4 is 40.6 Å². The van der Waals surface area contributed by atoms with Crippen molar-refractivity contribution in [2.45, 2.75) is 30.7 Å². The lowest BCUT2D eigenvalue weighted by Crippen LogP contribution is -2.29. The van der Waals surface area contributed by atoms with E-state index in [1.54, 1.807) is 0 Å². The summed E-state index contributed by atoms with van der Waals surface area (Å²) in [5.41, 5.74) is -0.269. The number of carbonyl (C=O) groups excluding carboxylic acids is 1. The molecular weight excluding hydrogens is 246 g/mol. The van der Waals surface area contributed by atoms with Crippen LogP contribution in [0.25, 0.3) is 0 Å². The summed E-state index contributed by atoms with van der Waals surface area (Å²) in [5.74, 6) is -0.422. The maximum absolute atomic E-state index is 11.2. The Bertz CT molecular complexity index is 257. The summed E-state index contributed by atoms with van der Waals surface area (Å²) in [4.78, 5) is 11.2. The van der Waals surface area contributed by atoms with Gasteiger partial charge in [0.05, 0.1) is 0 Å². The molecule has 3 atom stereocenters. The monoisotopic (exact) mass is 258 g/mol. The van der Waals surface area contributed by atoms with Gasteiger partial charge in [0.2, 0.25) is 3.79 Å². The summed E-state index contributed by atoms with van der Waals surface area (Å²) in [6.45, 7) is 5.28. The quantitative estimate of drug-likeness (QED) is 0.774. The number of rotatable bonds is 2. The molecule has 0 aromatic heterocycles. The van der Waals surface area contributed by atoms with E-state index in [1.165, 1.54) is 6.92 Å². The minimum absolute atomic E-state index is 0.0355. The average Bonchev–Trinajstić information content (AvgIpc) is 2.49. The second kappa shape index (κ2) is 3.51. The van der Waals surface area contributed by atoms with Crippen LogP contribution in [0.15, 0.2) is 0 Å². The molecule has 0 aromatic carbocycles. The van der Waals surface area contributed by atoms with E-state index < -0.39 is 9.90 Å². The molecule has 5 heteroatoms. The van der Waals surface area contributed by atoms with Crippen molar-refractivity contribution in [3.63, 3.8) is 0 Å². The molecule has 1 aliphatic rings. The predicted octanol–water partition coefficient (Wildman–Crippen LogP) is 2.58. The number of hydrogen-bond acceptors (Lipinski definition) is 2. The van der Waals surface area contributed by atoms with Crippen molar-refractivity contribution in [1.29, 1.82) is 0 Å². The van der Waals surface area contributed by atoms with Gasteiger partial charge in [0.15, 0.2) is 0 Å². The van der Waals surface area contributed by atoms with Crippen molar-refractivity contribution in [1.82, 2.24) is 0 Å². The highest BCUT2D eigenvalue weighted by atomic mass is 35.6. The number of ketones is 1. The lowest BCUT2D eigenvalue weighted by molar-refractivity contribution is -0.119. The van der Waals surface area contributed by atoms with Crippen LogP contribution < -0.4 is 0 Å². The zero-order valence-electron chi connectivity index (χ0n) is 8.22. The highest BCUT2D eigenvalue weighted by molar-refractivity contribution is 6.68. The fraction of sp³-hybridized carbons (Fsp3) is 0.889. The van der Waals surface area contributed by atoms with E-state index in [2.05, 4.69) is 0 Å². The van der Waals surface area contributed by atoms with E-state index in [0.717, 1.165) is 0 Å². The molecule has 1 fully saturated rings. The smallest absolute Gasteiger partial charge is 0.216 e. The Hall–Kier alpha value is 0.500. The third-order valence-corrected chi connectivity index (χ3v) is 3.69. The van der Waals surface area contributed by atoms with Gasteiger partial charge in [0.1, 0.15) is 11.9 Å². The topological polar surface area (TPSA) is 37.3 Å². The van der Waals surface area contributed by atoms with Gasteiger partial charge in [-0.2, -0.15) is 0 Å². The molecule has 0 heterocycles. The van der Waals surface area contributed by atoms with Crippen molar-refractivity contribution in [3.8, 4) is 0 Å². The van der Waals surface area contributed by atoms with E-state index in [1.807, 2.05) is 13.8 Å². The van der Waals surface area contributed by atoms with Gasteiger partial charge in [-0.25, -0.2) is 0 Å². The van der Waals surface area contributed by atoms with Gasteiger partial charge in [0.25, 0.3) is 0 Å². The second-order valence-corrected chi connectivity index (χ2v) is 6.79. The summed E-state index contributed by atoms with van der Waals surface area (Å²) >= 11 is 16.8. The third kappa shape index (κ3) is 2.04. The fourth-order valence-electron chi connectivity index (χ4n) is 2.25. The maximum Gasteiger partial charge on any atom is 0.216 e. The molecule has 0 aliphatic heterocycles. The van der Waals surface area contributed by atoms with E-state index in [9.17, 15) is 9.90 Å². The molecule has 1 N–H and O–H groups in total. The van der Waals surface area contributed by atoms with Gasteiger partial charge < -0.3 is 5.11 Å². The SMILES string of the molecule is CC(=O)[C@@H]1[C@H](C(O)C(Cl)(Cl)Cl)C1(C)C. The molecule has 0 bridgehead atoms. The summed E-state index contributed by atoms with van der Waals surface area (Å²) in [5, 5.41) is 9.73. The minimum Gasteiger partial charge on any atom is -0.388 e. The summed E-state index contributed by atoms with van der Waals surface area (Å²) in [6.07, 6.45) is -1.09. The molecule has 2 nitrogen and oxygen atoms in total. The van der Waals surface area contributed by atoms with Gasteiger partial charge >= 0.3 is 0 Å².